The Labute approximate surface area is 377 Å². The Morgan fingerprint density at radius 1 is 0.456 bits per heavy atom. The van der Waals surface area contributed by atoms with Crippen molar-refractivity contribution in [1.82, 2.24) is 58.6 Å². The maximum absolute atomic E-state index is 14.2. The van der Waals surface area contributed by atoms with Crippen molar-refractivity contribution < 1.29 is 43.9 Å². The zero-order valence-electron chi connectivity index (χ0n) is 35.2. The Morgan fingerprint density at radius 2 is 0.868 bits per heavy atom. The molecule has 12 rings (SSSR count). The van der Waals surface area contributed by atoms with E-state index in [0.717, 1.165) is 70.2 Å². The van der Waals surface area contributed by atoms with Crippen LogP contribution in [-0.4, -0.2) is 76.7 Å². The van der Waals surface area contributed by atoms with Gasteiger partial charge in [-0.2, -0.15) is 39.5 Å². The molecule has 3 N–H and O–H groups in total. The second-order valence-corrected chi connectivity index (χ2v) is 16.7. The van der Waals surface area contributed by atoms with E-state index in [0.29, 0.717) is 40.7 Å². The molecular formula is C43H37F10N15. The van der Waals surface area contributed by atoms with Crippen molar-refractivity contribution in [1.29, 1.82) is 0 Å². The van der Waals surface area contributed by atoms with Crippen LogP contribution >= 0.6 is 0 Å². The number of halogens is 10. The largest absolute Gasteiger partial charge is 0.451 e. The number of hydrogen-bond acceptors (Lipinski definition) is 12. The van der Waals surface area contributed by atoms with Gasteiger partial charge in [-0.25, -0.2) is 49.2 Å². The Morgan fingerprint density at radius 3 is 1.32 bits per heavy atom. The van der Waals surface area contributed by atoms with Gasteiger partial charge in [-0.1, -0.05) is 30.3 Å². The number of nitrogens with one attached hydrogen (secondary N) is 3. The lowest BCUT2D eigenvalue weighted by Crippen LogP contribution is -2.21. The van der Waals surface area contributed by atoms with Crippen LogP contribution in [0, 0.1) is 5.82 Å². The minimum absolute atomic E-state index is 0.0787. The van der Waals surface area contributed by atoms with Crippen LogP contribution < -0.4 is 16.0 Å². The van der Waals surface area contributed by atoms with Crippen LogP contribution in [0.1, 0.15) is 81.3 Å². The lowest BCUT2D eigenvalue weighted by atomic mass is 9.93. The quantitative estimate of drug-likeness (QED) is 0.117. The van der Waals surface area contributed by atoms with E-state index in [9.17, 15) is 43.9 Å². The van der Waals surface area contributed by atoms with Gasteiger partial charge in [0, 0.05) is 24.2 Å². The van der Waals surface area contributed by atoms with E-state index >= 15 is 0 Å². The van der Waals surface area contributed by atoms with Gasteiger partial charge in [0.2, 0.25) is 35.3 Å². The summed E-state index contributed by atoms with van der Waals surface area (Å²) in [7, 11) is 0. The average molecular weight is 954 g/mol. The number of fused-ring (bicyclic) bond motifs is 3. The summed E-state index contributed by atoms with van der Waals surface area (Å²) in [5.41, 5.74) is 2.01. The van der Waals surface area contributed by atoms with E-state index in [1.807, 2.05) is 22.8 Å². The van der Waals surface area contributed by atoms with Gasteiger partial charge in [-0.15, -0.1) is 0 Å². The number of para-hydroxylation sites is 2. The van der Waals surface area contributed by atoms with Gasteiger partial charge in [0.1, 0.15) is 22.4 Å². The van der Waals surface area contributed by atoms with E-state index in [1.54, 1.807) is 22.8 Å². The number of anilines is 3. The fraction of sp³-hybridized carbons (Fsp3) is 0.372. The van der Waals surface area contributed by atoms with Crippen LogP contribution in [0.25, 0.3) is 44.9 Å². The summed E-state index contributed by atoms with van der Waals surface area (Å²) < 4.78 is 135. The highest BCUT2D eigenvalue weighted by Gasteiger charge is 2.39. The molecule has 0 saturated heterocycles. The maximum atomic E-state index is 14.2. The van der Waals surface area contributed by atoms with E-state index in [1.165, 1.54) is 29.0 Å². The third-order valence-corrected chi connectivity index (χ3v) is 11.3. The van der Waals surface area contributed by atoms with Crippen molar-refractivity contribution in [3.63, 3.8) is 0 Å². The standard InChI is InChI=1S/C15H11F4N5.C15H12F3N5.C13H14F3N5/c16-9-3-1-2-4-11(9)24-12-10(22-14(24)21-8-5-6-8)7-20-13(23-12)15(17,18)19;16-15(17,18)13-19-8-11-12(22-13)23(10-4-2-1-3-5-10)14(21-11)20-9-6-7-9;14-13(15,16)11-17-6-9-10(20-11)21(8-2-1-3-8)12(19-9)18-7-4-5-7/h1-4,7-8H,5-6H2,(H,21,22);1-5,8-9H,6-7H2,(H,20,21);6-8H,1-5H2,(H,18,19). The van der Waals surface area contributed by atoms with Crippen LogP contribution in [0.4, 0.5) is 61.7 Å². The molecule has 0 spiro atoms. The summed E-state index contributed by atoms with van der Waals surface area (Å²) >= 11 is 0. The van der Waals surface area contributed by atoms with Crippen LogP contribution in [0.5, 0.6) is 0 Å². The van der Waals surface area contributed by atoms with E-state index in [2.05, 4.69) is 60.8 Å². The zero-order valence-corrected chi connectivity index (χ0v) is 35.2. The molecule has 25 heteroatoms. The highest BCUT2D eigenvalue weighted by molar-refractivity contribution is 5.78. The number of benzene rings is 2. The predicted octanol–water partition coefficient (Wildman–Crippen LogP) is 10.1. The molecule has 0 radical (unpaired) electrons. The van der Waals surface area contributed by atoms with Gasteiger partial charge >= 0.3 is 18.5 Å². The smallest absolute Gasteiger partial charge is 0.353 e. The summed E-state index contributed by atoms with van der Waals surface area (Å²) in [5, 5.41) is 9.61. The summed E-state index contributed by atoms with van der Waals surface area (Å²) in [6.07, 6.45) is -1.48. The van der Waals surface area contributed by atoms with Crippen molar-refractivity contribution >= 4 is 51.3 Å². The zero-order chi connectivity index (χ0) is 47.5. The fourth-order valence-electron chi connectivity index (χ4n) is 7.25. The molecule has 4 saturated carbocycles. The van der Waals surface area contributed by atoms with Gasteiger partial charge in [0.05, 0.1) is 30.0 Å². The highest BCUT2D eigenvalue weighted by Crippen LogP contribution is 2.39. The van der Waals surface area contributed by atoms with Gasteiger partial charge < -0.3 is 16.0 Å². The summed E-state index contributed by atoms with van der Waals surface area (Å²) in [6.45, 7) is 0. The van der Waals surface area contributed by atoms with Gasteiger partial charge in [-0.3, -0.25) is 13.7 Å². The molecule has 4 aliphatic rings. The third kappa shape index (κ3) is 9.50. The second-order valence-electron chi connectivity index (χ2n) is 16.7. The molecule has 354 valence electrons. The minimum Gasteiger partial charge on any atom is -0.353 e. The van der Waals surface area contributed by atoms with Crippen LogP contribution in [-0.2, 0) is 18.5 Å². The molecule has 68 heavy (non-hydrogen) atoms. The van der Waals surface area contributed by atoms with Gasteiger partial charge in [-0.05, 0) is 82.1 Å². The van der Waals surface area contributed by atoms with E-state index < -0.39 is 41.8 Å². The molecule has 4 fully saturated rings. The minimum atomic E-state index is -4.69. The topological polar surface area (TPSA) is 167 Å². The lowest BCUT2D eigenvalue weighted by Gasteiger charge is -2.28. The predicted molar refractivity (Wildman–Crippen MR) is 226 cm³/mol. The number of alkyl halides is 9. The second kappa shape index (κ2) is 17.1. The highest BCUT2D eigenvalue weighted by atomic mass is 19.4. The molecule has 4 aliphatic carbocycles. The summed E-state index contributed by atoms with van der Waals surface area (Å²) in [4.78, 5) is 34.0. The number of nitrogens with zero attached hydrogens (tertiary/aromatic N) is 12. The molecule has 0 bridgehead atoms. The first-order valence-corrected chi connectivity index (χ1v) is 21.6. The van der Waals surface area contributed by atoms with Crippen LogP contribution in [0.15, 0.2) is 73.2 Å². The molecule has 6 heterocycles. The SMILES string of the molecule is FC(F)(F)c1ncc2nc(NC3CC3)n(-c3ccccc3)c2n1.FC(F)(F)c1ncc2nc(NC3CC3)n(C3CCC3)c2n1.Fc1ccccc1-n1c(NC2CC2)nc2cnc(C(F)(F)F)nc21. The van der Waals surface area contributed by atoms with Crippen LogP contribution in [0.3, 0.4) is 0 Å². The first kappa shape index (κ1) is 44.6. The molecule has 0 atom stereocenters. The third-order valence-electron chi connectivity index (χ3n) is 11.3. The number of rotatable bonds is 9. The summed E-state index contributed by atoms with van der Waals surface area (Å²) in [6, 6.07) is 15.9. The van der Waals surface area contributed by atoms with Crippen molar-refractivity contribution in [3.8, 4) is 11.4 Å². The first-order valence-electron chi connectivity index (χ1n) is 21.6. The van der Waals surface area contributed by atoms with Crippen LogP contribution in [0.2, 0.25) is 0 Å². The fourth-order valence-corrected chi connectivity index (χ4v) is 7.25. The number of imidazole rings is 3. The Hall–Kier alpha value is -7.21. The van der Waals surface area contributed by atoms with Gasteiger partial charge in [0.15, 0.2) is 16.9 Å². The Balaban J connectivity index is 0.000000119. The summed E-state index contributed by atoms with van der Waals surface area (Å²) in [5.74, 6) is -2.76. The van der Waals surface area contributed by atoms with Crippen molar-refractivity contribution in [3.05, 3.63) is 96.5 Å². The normalized spacial score (nSPS) is 16.5. The average Bonchev–Trinajstić information content (AvgIpc) is 4.22. The van der Waals surface area contributed by atoms with E-state index in [4.69, 9.17) is 0 Å². The lowest BCUT2D eigenvalue weighted by molar-refractivity contribution is -0.145. The molecule has 0 unspecified atom stereocenters. The molecule has 6 aromatic heterocycles. The number of aromatic nitrogens is 12. The molecule has 0 aliphatic heterocycles. The Kier molecular flexibility index (Phi) is 11.2. The van der Waals surface area contributed by atoms with E-state index in [-0.39, 0.29) is 46.2 Å². The maximum Gasteiger partial charge on any atom is 0.451 e. The molecule has 15 nitrogen and oxygen atoms in total. The van der Waals surface area contributed by atoms with Crippen molar-refractivity contribution in [2.45, 2.75) is 100 Å². The Bertz CT molecular complexity index is 3110. The van der Waals surface area contributed by atoms with Crippen molar-refractivity contribution in [2.75, 3.05) is 16.0 Å². The van der Waals surface area contributed by atoms with Crippen molar-refractivity contribution in [2.24, 2.45) is 0 Å². The number of hydrogen-bond donors (Lipinski definition) is 3. The molecular weight excluding hydrogens is 917 g/mol. The molecule has 2 aromatic carbocycles. The molecule has 8 aromatic rings. The van der Waals surface area contributed by atoms with Gasteiger partial charge in [0.25, 0.3) is 0 Å². The molecule has 0 amide bonds. The monoisotopic (exact) mass is 953 g/mol. The first-order chi connectivity index (χ1) is 32.5.